The molecular formula is C21H20N2O2. The van der Waals surface area contributed by atoms with E-state index in [0.717, 1.165) is 16.6 Å². The molecule has 0 bridgehead atoms. The van der Waals surface area contributed by atoms with E-state index in [1.807, 2.05) is 47.1 Å². The zero-order chi connectivity index (χ0) is 17.4. The maximum Gasteiger partial charge on any atom is 0.155 e. The van der Waals surface area contributed by atoms with Gasteiger partial charge in [0.1, 0.15) is 17.1 Å². The van der Waals surface area contributed by atoms with E-state index in [0.29, 0.717) is 18.1 Å². The topological polar surface area (TPSA) is 51.2 Å². The van der Waals surface area contributed by atoms with Crippen molar-refractivity contribution >= 4 is 10.9 Å². The maximum absolute atomic E-state index is 10.1. The van der Waals surface area contributed by atoms with Crippen LogP contribution in [0.5, 0.6) is 0 Å². The number of para-hydroxylation sites is 1. The first-order valence-electron chi connectivity index (χ1n) is 8.35. The Morgan fingerprint density at radius 2 is 1.68 bits per heavy atom. The Morgan fingerprint density at radius 1 is 0.960 bits per heavy atom. The van der Waals surface area contributed by atoms with Crippen LogP contribution in [-0.2, 0) is 12.1 Å². The summed E-state index contributed by atoms with van der Waals surface area (Å²) < 4.78 is 7.87. The van der Waals surface area contributed by atoms with Crippen molar-refractivity contribution in [3.63, 3.8) is 0 Å². The molecule has 2 aromatic carbocycles. The van der Waals surface area contributed by atoms with Gasteiger partial charge in [-0.25, -0.2) is 0 Å². The minimum Gasteiger partial charge on any atom is -0.456 e. The molecule has 0 amide bonds. The SMILES string of the molecule is CC(C)(O)c1ccc(-c2nn(Cc3ccccc3)c3ccccc23)o1. The molecule has 2 heterocycles. The van der Waals surface area contributed by atoms with Crippen LogP contribution < -0.4 is 0 Å². The predicted octanol–water partition coefficient (Wildman–Crippen LogP) is 4.57. The molecule has 4 aromatic rings. The van der Waals surface area contributed by atoms with E-state index in [1.165, 1.54) is 5.56 Å². The summed E-state index contributed by atoms with van der Waals surface area (Å²) in [6.07, 6.45) is 0. The average molecular weight is 332 g/mol. The number of fused-ring (bicyclic) bond motifs is 1. The normalized spacial score (nSPS) is 12.0. The predicted molar refractivity (Wildman–Crippen MR) is 98.2 cm³/mol. The van der Waals surface area contributed by atoms with E-state index in [1.54, 1.807) is 19.9 Å². The van der Waals surface area contributed by atoms with Crippen molar-refractivity contribution in [3.05, 3.63) is 78.1 Å². The summed E-state index contributed by atoms with van der Waals surface area (Å²) in [5.41, 5.74) is 2.03. The van der Waals surface area contributed by atoms with Gasteiger partial charge in [0.15, 0.2) is 5.76 Å². The third kappa shape index (κ3) is 2.96. The first-order chi connectivity index (χ1) is 12.0. The average Bonchev–Trinajstić information content (AvgIpc) is 3.21. The second kappa shape index (κ2) is 5.90. The zero-order valence-corrected chi connectivity index (χ0v) is 14.3. The Bertz CT molecular complexity index is 1010. The lowest BCUT2D eigenvalue weighted by molar-refractivity contribution is 0.0548. The third-order valence-corrected chi connectivity index (χ3v) is 4.28. The molecule has 0 radical (unpaired) electrons. The molecule has 126 valence electrons. The van der Waals surface area contributed by atoms with E-state index >= 15 is 0 Å². The summed E-state index contributed by atoms with van der Waals surface area (Å²) in [5, 5.41) is 16.0. The van der Waals surface area contributed by atoms with E-state index in [-0.39, 0.29) is 0 Å². The summed E-state index contributed by atoms with van der Waals surface area (Å²) in [4.78, 5) is 0. The Kier molecular flexibility index (Phi) is 3.70. The van der Waals surface area contributed by atoms with Gasteiger partial charge >= 0.3 is 0 Å². The van der Waals surface area contributed by atoms with Crippen molar-refractivity contribution in [2.45, 2.75) is 26.0 Å². The molecule has 2 aromatic heterocycles. The highest BCUT2D eigenvalue weighted by molar-refractivity contribution is 5.92. The van der Waals surface area contributed by atoms with Crippen LogP contribution in [0.3, 0.4) is 0 Å². The molecule has 25 heavy (non-hydrogen) atoms. The van der Waals surface area contributed by atoms with E-state index in [4.69, 9.17) is 9.52 Å². The molecular weight excluding hydrogens is 312 g/mol. The summed E-state index contributed by atoms with van der Waals surface area (Å²) >= 11 is 0. The number of hydrogen-bond donors (Lipinski definition) is 1. The Hall–Kier alpha value is -2.85. The van der Waals surface area contributed by atoms with Gasteiger partial charge in [0.05, 0.1) is 12.1 Å². The minimum absolute atomic E-state index is 0.532. The highest BCUT2D eigenvalue weighted by atomic mass is 16.4. The van der Waals surface area contributed by atoms with Crippen LogP contribution in [0.15, 0.2) is 71.1 Å². The molecule has 1 N–H and O–H groups in total. The number of aliphatic hydroxyl groups is 1. The molecule has 4 nitrogen and oxygen atoms in total. The van der Waals surface area contributed by atoms with Crippen molar-refractivity contribution in [1.29, 1.82) is 0 Å². The second-order valence-corrected chi connectivity index (χ2v) is 6.73. The van der Waals surface area contributed by atoms with Crippen LogP contribution >= 0.6 is 0 Å². The highest BCUT2D eigenvalue weighted by Crippen LogP contribution is 2.32. The lowest BCUT2D eigenvalue weighted by atomic mass is 10.1. The molecule has 0 aliphatic carbocycles. The summed E-state index contributed by atoms with van der Waals surface area (Å²) in [7, 11) is 0. The minimum atomic E-state index is -1.01. The van der Waals surface area contributed by atoms with Gasteiger partial charge in [-0.05, 0) is 37.6 Å². The second-order valence-electron chi connectivity index (χ2n) is 6.73. The van der Waals surface area contributed by atoms with Crippen molar-refractivity contribution < 1.29 is 9.52 Å². The molecule has 0 atom stereocenters. The lowest BCUT2D eigenvalue weighted by Crippen LogP contribution is -2.13. The quantitative estimate of drug-likeness (QED) is 0.595. The molecule has 4 rings (SSSR count). The first kappa shape index (κ1) is 15.7. The fourth-order valence-electron chi connectivity index (χ4n) is 2.98. The van der Waals surface area contributed by atoms with E-state index in [9.17, 15) is 5.11 Å². The number of rotatable bonds is 4. The molecule has 0 aliphatic rings. The maximum atomic E-state index is 10.1. The molecule has 0 saturated heterocycles. The molecule has 0 fully saturated rings. The van der Waals surface area contributed by atoms with E-state index < -0.39 is 5.60 Å². The zero-order valence-electron chi connectivity index (χ0n) is 14.3. The van der Waals surface area contributed by atoms with Gasteiger partial charge in [-0.15, -0.1) is 0 Å². The van der Waals surface area contributed by atoms with Gasteiger partial charge in [0, 0.05) is 5.39 Å². The van der Waals surface area contributed by atoms with Crippen LogP contribution in [0.4, 0.5) is 0 Å². The summed E-state index contributed by atoms with van der Waals surface area (Å²) in [6.45, 7) is 4.11. The van der Waals surface area contributed by atoms with Crippen LogP contribution in [0.25, 0.3) is 22.4 Å². The standard InChI is InChI=1S/C21H20N2O2/c1-21(2,24)19-13-12-18(25-19)20-16-10-6-7-11-17(16)23(22-20)14-15-8-4-3-5-9-15/h3-13,24H,14H2,1-2H3. The monoisotopic (exact) mass is 332 g/mol. The third-order valence-electron chi connectivity index (χ3n) is 4.28. The molecule has 0 spiro atoms. The van der Waals surface area contributed by atoms with Gasteiger partial charge in [-0.1, -0.05) is 48.5 Å². The summed E-state index contributed by atoms with van der Waals surface area (Å²) in [6, 6.07) is 22.1. The van der Waals surface area contributed by atoms with Crippen molar-refractivity contribution in [3.8, 4) is 11.5 Å². The fourth-order valence-corrected chi connectivity index (χ4v) is 2.98. The number of benzene rings is 2. The van der Waals surface area contributed by atoms with E-state index in [2.05, 4.69) is 18.2 Å². The number of aromatic nitrogens is 2. The van der Waals surface area contributed by atoms with Gasteiger partial charge < -0.3 is 9.52 Å². The number of furan rings is 1. The Balaban J connectivity index is 1.81. The van der Waals surface area contributed by atoms with Crippen LogP contribution in [0.1, 0.15) is 25.2 Å². The fraction of sp³-hybridized carbons (Fsp3) is 0.190. The van der Waals surface area contributed by atoms with Crippen molar-refractivity contribution in [2.24, 2.45) is 0 Å². The van der Waals surface area contributed by atoms with Crippen LogP contribution in [0, 0.1) is 0 Å². The van der Waals surface area contributed by atoms with Crippen LogP contribution in [-0.4, -0.2) is 14.9 Å². The largest absolute Gasteiger partial charge is 0.456 e. The molecule has 0 unspecified atom stereocenters. The lowest BCUT2D eigenvalue weighted by Gasteiger charge is -2.12. The van der Waals surface area contributed by atoms with Gasteiger partial charge in [-0.3, -0.25) is 4.68 Å². The van der Waals surface area contributed by atoms with Gasteiger partial charge in [0.2, 0.25) is 0 Å². The Labute approximate surface area is 146 Å². The van der Waals surface area contributed by atoms with Gasteiger partial charge in [0.25, 0.3) is 0 Å². The van der Waals surface area contributed by atoms with Crippen LogP contribution in [0.2, 0.25) is 0 Å². The number of nitrogens with zero attached hydrogens (tertiary/aromatic N) is 2. The first-order valence-corrected chi connectivity index (χ1v) is 8.35. The van der Waals surface area contributed by atoms with Crippen molar-refractivity contribution in [1.82, 2.24) is 9.78 Å². The molecule has 0 saturated carbocycles. The van der Waals surface area contributed by atoms with Gasteiger partial charge in [-0.2, -0.15) is 5.10 Å². The Morgan fingerprint density at radius 3 is 2.40 bits per heavy atom. The summed E-state index contributed by atoms with van der Waals surface area (Å²) in [5.74, 6) is 1.20. The highest BCUT2D eigenvalue weighted by Gasteiger charge is 2.22. The smallest absolute Gasteiger partial charge is 0.155 e. The van der Waals surface area contributed by atoms with Crippen molar-refractivity contribution in [2.75, 3.05) is 0 Å². The molecule has 0 aliphatic heterocycles. The molecule has 4 heteroatoms. The number of hydrogen-bond acceptors (Lipinski definition) is 3.